The molecular weight excluding hydrogens is 239 g/mol. The molecule has 0 radical (unpaired) electrons. The van der Waals surface area contributed by atoms with Crippen LogP contribution in [0.4, 0.5) is 0 Å². The van der Waals surface area contributed by atoms with E-state index >= 15 is 0 Å². The van der Waals surface area contributed by atoms with Crippen LogP contribution in [-0.4, -0.2) is 41.0 Å². The minimum absolute atomic E-state index is 0. The van der Waals surface area contributed by atoms with Gasteiger partial charge < -0.3 is 10.2 Å². The van der Waals surface area contributed by atoms with Crippen LogP contribution < -0.4 is 0 Å². The van der Waals surface area contributed by atoms with Crippen LogP contribution in [-0.2, 0) is 9.59 Å². The Morgan fingerprint density at radius 2 is 1.32 bits per heavy atom. The van der Waals surface area contributed by atoms with Gasteiger partial charge >= 0.3 is 30.8 Å². The van der Waals surface area contributed by atoms with E-state index in [2.05, 4.69) is 6.92 Å². The molecule has 0 heterocycles. The molecule has 0 aliphatic rings. The summed E-state index contributed by atoms with van der Waals surface area (Å²) < 4.78 is 0. The average molecular weight is 266 g/mol. The molecule has 0 aromatic carbocycles. The van der Waals surface area contributed by atoms with Crippen molar-refractivity contribution in [2.24, 2.45) is 10.8 Å². The van der Waals surface area contributed by atoms with Crippen molar-refractivity contribution < 1.29 is 19.8 Å². The summed E-state index contributed by atoms with van der Waals surface area (Å²) >= 11 is 0. The van der Waals surface area contributed by atoms with Crippen LogP contribution in [0.15, 0.2) is 0 Å². The van der Waals surface area contributed by atoms with Crippen LogP contribution >= 0.6 is 0 Å². The topological polar surface area (TPSA) is 74.6 Å². The number of rotatable bonds is 8. The number of carboxylic acids is 2. The third-order valence-electron chi connectivity index (χ3n) is 3.67. The molecule has 2 N–H and O–H groups in total. The van der Waals surface area contributed by atoms with E-state index in [0.29, 0.717) is 6.42 Å². The van der Waals surface area contributed by atoms with Crippen LogP contribution in [0.3, 0.4) is 0 Å². The predicted molar refractivity (Wildman–Crippen MR) is 77.7 cm³/mol. The fraction of sp³-hybridized carbons (Fsp3) is 0.857. The van der Waals surface area contributed by atoms with Crippen molar-refractivity contribution in [3.8, 4) is 0 Å². The second-order valence-electron chi connectivity index (χ2n) is 5.93. The fourth-order valence-electron chi connectivity index (χ4n) is 2.32. The van der Waals surface area contributed by atoms with Gasteiger partial charge in [0.2, 0.25) is 0 Å². The minimum atomic E-state index is -1.68. The molecule has 0 saturated heterocycles. The molecule has 0 saturated carbocycles. The van der Waals surface area contributed by atoms with Crippen LogP contribution in [0.1, 0.15) is 66.2 Å². The van der Waals surface area contributed by atoms with E-state index in [1.807, 2.05) is 0 Å². The first-order valence-corrected chi connectivity index (χ1v) is 6.67. The number of hydrogen-bond donors (Lipinski definition) is 2. The molecule has 19 heavy (non-hydrogen) atoms. The van der Waals surface area contributed by atoms with Crippen LogP contribution in [0.2, 0.25) is 0 Å². The van der Waals surface area contributed by atoms with Crippen molar-refractivity contribution in [1.29, 1.82) is 0 Å². The third kappa shape index (κ3) is 5.20. The summed E-state index contributed by atoms with van der Waals surface area (Å²) in [5.74, 6) is -2.45. The molecule has 5 heteroatoms. The van der Waals surface area contributed by atoms with Gasteiger partial charge in [-0.05, 0) is 11.8 Å². The molecule has 4 nitrogen and oxygen atoms in total. The molecule has 108 valence electrons. The number of unbranched alkanes of at least 4 members (excludes halogenated alkanes) is 4. The van der Waals surface area contributed by atoms with E-state index < -0.39 is 22.8 Å². The molecule has 0 unspecified atom stereocenters. The van der Waals surface area contributed by atoms with Gasteiger partial charge in [0.15, 0.2) is 5.41 Å². The molecule has 0 aliphatic heterocycles. The van der Waals surface area contributed by atoms with E-state index in [-0.39, 0.29) is 25.3 Å². The summed E-state index contributed by atoms with van der Waals surface area (Å²) in [6.45, 7) is 7.15. The summed E-state index contributed by atoms with van der Waals surface area (Å²) in [6.07, 6.45) is 5.01. The summed E-state index contributed by atoms with van der Waals surface area (Å²) in [6, 6.07) is 0. The number of carbonyl (C=O) groups is 2. The molecule has 0 amide bonds. The summed E-state index contributed by atoms with van der Waals surface area (Å²) in [5, 5.41) is 18.7. The summed E-state index contributed by atoms with van der Waals surface area (Å²) in [5.41, 5.74) is -2.48. The zero-order valence-corrected chi connectivity index (χ0v) is 12.0. The van der Waals surface area contributed by atoms with Gasteiger partial charge in [0.25, 0.3) is 0 Å². The molecule has 0 aromatic heterocycles. The van der Waals surface area contributed by atoms with Gasteiger partial charge in [-0.1, -0.05) is 59.8 Å². The molecule has 0 rings (SSSR count). The van der Waals surface area contributed by atoms with Gasteiger partial charge in [0, 0.05) is 0 Å². The van der Waals surface area contributed by atoms with E-state index in [4.69, 9.17) is 0 Å². The molecule has 0 aromatic rings. The Bertz CT molecular complexity index is 280. The van der Waals surface area contributed by atoms with E-state index in [1.165, 1.54) is 0 Å². The number of carboxylic acid groups (broad SMARTS) is 2. The van der Waals surface area contributed by atoms with Gasteiger partial charge in [0.1, 0.15) is 0 Å². The first kappa shape index (κ1) is 20.8. The van der Waals surface area contributed by atoms with Crippen molar-refractivity contribution in [3.05, 3.63) is 0 Å². The van der Waals surface area contributed by atoms with Crippen molar-refractivity contribution in [1.82, 2.24) is 0 Å². The second kappa shape index (κ2) is 8.66. The zero-order valence-electron chi connectivity index (χ0n) is 12.0. The summed E-state index contributed by atoms with van der Waals surface area (Å²) in [4.78, 5) is 22.9. The summed E-state index contributed by atoms with van der Waals surface area (Å²) in [7, 11) is 0. The Balaban J connectivity index is 0. The fourth-order valence-corrected chi connectivity index (χ4v) is 2.32. The molecule has 0 spiro atoms. The van der Waals surface area contributed by atoms with Crippen molar-refractivity contribution in [2.75, 3.05) is 0 Å². The quantitative estimate of drug-likeness (QED) is 0.402. The van der Waals surface area contributed by atoms with Crippen molar-refractivity contribution in [2.45, 2.75) is 66.2 Å². The SMILES string of the molecule is CCCCCCCC(C(=O)O)(C(=O)O)C(C)(C)C.[LiH]. The number of hydrogen-bond acceptors (Lipinski definition) is 2. The van der Waals surface area contributed by atoms with Gasteiger partial charge in [-0.2, -0.15) is 0 Å². The van der Waals surface area contributed by atoms with E-state index in [9.17, 15) is 19.8 Å². The molecule has 0 atom stereocenters. The van der Waals surface area contributed by atoms with Crippen molar-refractivity contribution >= 4 is 30.8 Å². The van der Waals surface area contributed by atoms with Gasteiger partial charge in [-0.25, -0.2) is 0 Å². The molecule has 0 bridgehead atoms. The van der Waals surface area contributed by atoms with Gasteiger partial charge in [-0.15, -0.1) is 0 Å². The third-order valence-corrected chi connectivity index (χ3v) is 3.67. The number of aliphatic carboxylic acids is 2. The maximum absolute atomic E-state index is 11.4. The van der Waals surface area contributed by atoms with Crippen molar-refractivity contribution in [3.63, 3.8) is 0 Å². The molecular formula is C14H27LiO4. The average Bonchev–Trinajstić information content (AvgIpc) is 2.20. The first-order valence-electron chi connectivity index (χ1n) is 6.67. The van der Waals surface area contributed by atoms with Gasteiger partial charge in [-0.3, -0.25) is 9.59 Å². The molecule has 0 fully saturated rings. The Labute approximate surface area is 128 Å². The Hall–Kier alpha value is -0.463. The Kier molecular flexibility index (Phi) is 9.50. The van der Waals surface area contributed by atoms with Gasteiger partial charge in [0.05, 0.1) is 0 Å². The Morgan fingerprint density at radius 1 is 0.895 bits per heavy atom. The van der Waals surface area contributed by atoms with E-state index in [0.717, 1.165) is 25.7 Å². The first-order chi connectivity index (χ1) is 8.20. The predicted octanol–water partition coefficient (Wildman–Crippen LogP) is 2.90. The normalized spacial score (nSPS) is 11.8. The van der Waals surface area contributed by atoms with Crippen LogP contribution in [0.5, 0.6) is 0 Å². The van der Waals surface area contributed by atoms with Crippen LogP contribution in [0, 0.1) is 10.8 Å². The second-order valence-corrected chi connectivity index (χ2v) is 5.93. The standard InChI is InChI=1S/C14H26O4.Li.H/c1-5-6-7-8-9-10-14(11(15)16,12(17)18)13(2,3)4;;/h5-10H2,1-4H3,(H,15,16)(H,17,18);;. The maximum atomic E-state index is 11.4. The van der Waals surface area contributed by atoms with Crippen LogP contribution in [0.25, 0.3) is 0 Å². The monoisotopic (exact) mass is 266 g/mol. The van der Waals surface area contributed by atoms with E-state index in [1.54, 1.807) is 20.8 Å². The molecule has 0 aliphatic carbocycles. The zero-order chi connectivity index (χ0) is 14.4. The Morgan fingerprint density at radius 3 is 1.63 bits per heavy atom.